The molecule has 0 aliphatic heterocycles. The normalized spacial score (nSPS) is 17.5. The number of urea groups is 1. The first kappa shape index (κ1) is 19.7. The van der Waals surface area contributed by atoms with Gasteiger partial charge >= 0.3 is 6.03 Å². The molecule has 2 amide bonds. The van der Waals surface area contributed by atoms with Crippen LogP contribution in [0.3, 0.4) is 0 Å². The molecule has 1 saturated carbocycles. The summed E-state index contributed by atoms with van der Waals surface area (Å²) in [6.45, 7) is 3.22. The minimum absolute atomic E-state index is 0.0823. The number of amides is 2. The maximum Gasteiger partial charge on any atom is 0.317 e. The lowest BCUT2D eigenvalue weighted by Gasteiger charge is -2.28. The summed E-state index contributed by atoms with van der Waals surface area (Å²) < 4.78 is 0. The number of nitrogens with zero attached hydrogens (tertiary/aromatic N) is 2. The molecule has 1 aliphatic rings. The number of carbonyl (C=O) groups is 1. The predicted molar refractivity (Wildman–Crippen MR) is 102 cm³/mol. The number of nitrogens with one attached hydrogen (secondary N) is 1. The fraction of sp³-hybridized carbons (Fsp3) is 0.650. The number of likely N-dealkylation sites (N-methyl/N-ethyl adjacent to an activating group) is 1. The van der Waals surface area contributed by atoms with E-state index in [0.717, 1.165) is 25.7 Å². The van der Waals surface area contributed by atoms with E-state index >= 15 is 0 Å². The summed E-state index contributed by atoms with van der Waals surface area (Å²) in [6.07, 6.45) is 4.56. The zero-order chi connectivity index (χ0) is 18.4. The first-order chi connectivity index (χ1) is 11.8. The SMILES string of the molecule is Cc1cccc([C@@H](CNC(=O)N(C)CCC2(O)CCCC2)N(C)C)c1. The minimum atomic E-state index is -0.567. The molecule has 0 spiro atoms. The van der Waals surface area contributed by atoms with Gasteiger partial charge in [-0.15, -0.1) is 0 Å². The van der Waals surface area contributed by atoms with Crippen LogP contribution in [0.2, 0.25) is 0 Å². The van der Waals surface area contributed by atoms with Crippen molar-refractivity contribution in [2.24, 2.45) is 0 Å². The molecule has 1 aromatic carbocycles. The fourth-order valence-electron chi connectivity index (χ4n) is 3.56. The Morgan fingerprint density at radius 2 is 1.96 bits per heavy atom. The van der Waals surface area contributed by atoms with Gasteiger partial charge in [-0.1, -0.05) is 42.7 Å². The molecule has 5 heteroatoms. The van der Waals surface area contributed by atoms with Crippen LogP contribution in [0, 0.1) is 6.92 Å². The lowest BCUT2D eigenvalue weighted by molar-refractivity contribution is 0.0330. The number of rotatable bonds is 7. The van der Waals surface area contributed by atoms with Gasteiger partial charge in [-0.3, -0.25) is 0 Å². The largest absolute Gasteiger partial charge is 0.390 e. The highest BCUT2D eigenvalue weighted by molar-refractivity contribution is 5.73. The molecule has 0 heterocycles. The van der Waals surface area contributed by atoms with Crippen LogP contribution >= 0.6 is 0 Å². The molecule has 0 radical (unpaired) electrons. The average molecular weight is 348 g/mol. The van der Waals surface area contributed by atoms with Gasteiger partial charge in [0.2, 0.25) is 0 Å². The van der Waals surface area contributed by atoms with E-state index in [2.05, 4.69) is 41.4 Å². The molecule has 0 saturated heterocycles. The molecule has 0 unspecified atom stereocenters. The van der Waals surface area contributed by atoms with Crippen LogP contribution in [0.5, 0.6) is 0 Å². The molecule has 140 valence electrons. The van der Waals surface area contributed by atoms with Crippen molar-refractivity contribution in [2.45, 2.75) is 50.7 Å². The third kappa shape index (κ3) is 5.72. The quantitative estimate of drug-likeness (QED) is 0.797. The Kier molecular flexibility index (Phi) is 6.85. The Morgan fingerprint density at radius 3 is 2.56 bits per heavy atom. The van der Waals surface area contributed by atoms with Crippen molar-refractivity contribution in [3.63, 3.8) is 0 Å². The molecule has 2 rings (SSSR count). The second-order valence-corrected chi connectivity index (χ2v) is 7.68. The molecular weight excluding hydrogens is 314 g/mol. The van der Waals surface area contributed by atoms with Crippen LogP contribution in [0.4, 0.5) is 4.79 Å². The summed E-state index contributed by atoms with van der Waals surface area (Å²) >= 11 is 0. The molecule has 5 nitrogen and oxygen atoms in total. The molecule has 1 atom stereocenters. The highest BCUT2D eigenvalue weighted by atomic mass is 16.3. The lowest BCUT2D eigenvalue weighted by Crippen LogP contribution is -2.43. The van der Waals surface area contributed by atoms with Crippen LogP contribution in [-0.4, -0.2) is 60.8 Å². The predicted octanol–water partition coefficient (Wildman–Crippen LogP) is 2.93. The van der Waals surface area contributed by atoms with Gasteiger partial charge in [-0.05, 0) is 45.8 Å². The number of aryl methyl sites for hydroxylation is 1. The first-order valence-corrected chi connectivity index (χ1v) is 9.25. The van der Waals surface area contributed by atoms with E-state index in [1.165, 1.54) is 11.1 Å². The molecule has 1 aliphatic carbocycles. The van der Waals surface area contributed by atoms with E-state index in [1.54, 1.807) is 11.9 Å². The van der Waals surface area contributed by atoms with E-state index in [9.17, 15) is 9.90 Å². The Morgan fingerprint density at radius 1 is 1.28 bits per heavy atom. The smallest absolute Gasteiger partial charge is 0.317 e. The standard InChI is InChI=1S/C20H33N3O2/c1-16-8-7-9-17(14-16)18(22(2)3)15-21-19(24)23(4)13-12-20(25)10-5-6-11-20/h7-9,14,18,25H,5-6,10-13,15H2,1-4H3,(H,21,24)/t18-/m1/s1. The van der Waals surface area contributed by atoms with Crippen LogP contribution in [0.15, 0.2) is 24.3 Å². The van der Waals surface area contributed by atoms with E-state index in [1.807, 2.05) is 14.1 Å². The molecule has 0 aromatic heterocycles. The Labute approximate surface area is 152 Å². The summed E-state index contributed by atoms with van der Waals surface area (Å²) in [7, 11) is 5.85. The zero-order valence-corrected chi connectivity index (χ0v) is 16.1. The second kappa shape index (κ2) is 8.68. The summed E-state index contributed by atoms with van der Waals surface area (Å²) in [5.41, 5.74) is 1.85. The van der Waals surface area contributed by atoms with Gasteiger partial charge in [0.25, 0.3) is 0 Å². The van der Waals surface area contributed by atoms with Crippen LogP contribution < -0.4 is 5.32 Å². The van der Waals surface area contributed by atoms with Crippen LogP contribution in [-0.2, 0) is 0 Å². The maximum atomic E-state index is 12.4. The van der Waals surface area contributed by atoms with E-state index < -0.39 is 5.60 Å². The molecule has 25 heavy (non-hydrogen) atoms. The van der Waals surface area contributed by atoms with Crippen LogP contribution in [0.1, 0.15) is 49.3 Å². The number of hydrogen-bond acceptors (Lipinski definition) is 3. The third-order valence-corrected chi connectivity index (χ3v) is 5.29. The van der Waals surface area contributed by atoms with E-state index in [-0.39, 0.29) is 12.1 Å². The number of hydrogen-bond donors (Lipinski definition) is 2. The number of aliphatic hydroxyl groups is 1. The van der Waals surface area contributed by atoms with Gasteiger partial charge in [-0.2, -0.15) is 0 Å². The monoisotopic (exact) mass is 347 g/mol. The first-order valence-electron chi connectivity index (χ1n) is 9.25. The highest BCUT2D eigenvalue weighted by Gasteiger charge is 2.31. The van der Waals surface area contributed by atoms with Gasteiger partial charge in [0, 0.05) is 20.1 Å². The maximum absolute atomic E-state index is 12.4. The summed E-state index contributed by atoms with van der Waals surface area (Å²) in [5.74, 6) is 0. The lowest BCUT2D eigenvalue weighted by atomic mass is 9.98. The van der Waals surface area contributed by atoms with Gasteiger partial charge in [0.15, 0.2) is 0 Å². The van der Waals surface area contributed by atoms with Crippen molar-refractivity contribution in [1.82, 2.24) is 15.1 Å². The molecule has 2 N–H and O–H groups in total. The zero-order valence-electron chi connectivity index (χ0n) is 16.1. The number of benzene rings is 1. The Balaban J connectivity index is 1.85. The van der Waals surface area contributed by atoms with Crippen molar-refractivity contribution in [3.8, 4) is 0 Å². The van der Waals surface area contributed by atoms with Gasteiger partial charge in [-0.25, -0.2) is 4.79 Å². The van der Waals surface area contributed by atoms with E-state index in [4.69, 9.17) is 0 Å². The number of carbonyl (C=O) groups excluding carboxylic acids is 1. The Bertz CT molecular complexity index is 568. The molecule has 1 fully saturated rings. The van der Waals surface area contributed by atoms with E-state index in [0.29, 0.717) is 19.5 Å². The van der Waals surface area contributed by atoms with Gasteiger partial charge < -0.3 is 20.2 Å². The minimum Gasteiger partial charge on any atom is -0.390 e. The van der Waals surface area contributed by atoms with Crippen molar-refractivity contribution in [1.29, 1.82) is 0 Å². The summed E-state index contributed by atoms with van der Waals surface area (Å²) in [4.78, 5) is 16.2. The van der Waals surface area contributed by atoms with Crippen molar-refractivity contribution in [2.75, 3.05) is 34.2 Å². The second-order valence-electron chi connectivity index (χ2n) is 7.68. The molecule has 0 bridgehead atoms. The van der Waals surface area contributed by atoms with Crippen LogP contribution in [0.25, 0.3) is 0 Å². The highest BCUT2D eigenvalue weighted by Crippen LogP contribution is 2.32. The van der Waals surface area contributed by atoms with Gasteiger partial charge in [0.05, 0.1) is 11.6 Å². The van der Waals surface area contributed by atoms with Gasteiger partial charge in [0.1, 0.15) is 0 Å². The van der Waals surface area contributed by atoms with Crippen molar-refractivity contribution >= 4 is 6.03 Å². The summed E-state index contributed by atoms with van der Waals surface area (Å²) in [5, 5.41) is 13.5. The van der Waals surface area contributed by atoms with Crippen molar-refractivity contribution < 1.29 is 9.90 Å². The summed E-state index contributed by atoms with van der Waals surface area (Å²) in [6, 6.07) is 8.45. The fourth-order valence-corrected chi connectivity index (χ4v) is 3.56. The topological polar surface area (TPSA) is 55.8 Å². The van der Waals surface area contributed by atoms with Crippen molar-refractivity contribution in [3.05, 3.63) is 35.4 Å². The average Bonchev–Trinajstić information content (AvgIpc) is 2.99. The third-order valence-electron chi connectivity index (χ3n) is 5.29. The molecular formula is C20H33N3O2. The molecule has 1 aromatic rings. The Hall–Kier alpha value is -1.59.